The smallest absolute Gasteiger partial charge is 0.274 e. The molecule has 8 heteroatoms. The molecular weight excluding hydrogens is 355 g/mol. The molecule has 0 bridgehead atoms. The summed E-state index contributed by atoms with van der Waals surface area (Å²) in [5, 5.41) is 12.0. The van der Waals surface area contributed by atoms with Gasteiger partial charge in [0, 0.05) is 18.7 Å². The summed E-state index contributed by atoms with van der Waals surface area (Å²) in [5.74, 6) is -0.628. The van der Waals surface area contributed by atoms with Crippen molar-refractivity contribution in [2.24, 2.45) is 0 Å². The fourth-order valence-corrected chi connectivity index (χ4v) is 3.44. The maximum absolute atomic E-state index is 13.5. The molecule has 0 saturated carbocycles. The van der Waals surface area contributed by atoms with Crippen LogP contribution < -0.4 is 5.32 Å². The molecule has 6 nitrogen and oxygen atoms in total. The lowest BCUT2D eigenvalue weighted by atomic mass is 10.2. The van der Waals surface area contributed by atoms with Crippen molar-refractivity contribution in [3.05, 3.63) is 64.7 Å². The summed E-state index contributed by atoms with van der Waals surface area (Å²) in [4.78, 5) is 12.7. The first kappa shape index (κ1) is 16.5. The van der Waals surface area contributed by atoms with Gasteiger partial charge in [-0.15, -0.1) is 10.2 Å². The van der Waals surface area contributed by atoms with Crippen molar-refractivity contribution in [1.82, 2.24) is 14.8 Å². The molecule has 4 aromatic rings. The van der Waals surface area contributed by atoms with Crippen molar-refractivity contribution < 1.29 is 13.6 Å². The van der Waals surface area contributed by atoms with Crippen molar-refractivity contribution in [3.63, 3.8) is 0 Å². The largest absolute Gasteiger partial charge is 0.463 e. The third-order valence-electron chi connectivity index (χ3n) is 3.97. The number of nitrogens with zero attached hydrogens (tertiary/aromatic N) is 3. The lowest BCUT2D eigenvalue weighted by Crippen LogP contribution is -2.17. The molecule has 0 radical (unpaired) electrons. The lowest BCUT2D eigenvalue weighted by molar-refractivity contribution is 0.101. The van der Waals surface area contributed by atoms with Gasteiger partial charge < -0.3 is 8.98 Å². The van der Waals surface area contributed by atoms with Crippen LogP contribution >= 0.6 is 11.3 Å². The Labute approximate surface area is 152 Å². The summed E-state index contributed by atoms with van der Waals surface area (Å²) < 4.78 is 20.7. The zero-order valence-electron chi connectivity index (χ0n) is 13.9. The van der Waals surface area contributed by atoms with Crippen LogP contribution in [-0.2, 0) is 13.0 Å². The Morgan fingerprint density at radius 3 is 2.96 bits per heavy atom. The second-order valence-corrected chi connectivity index (χ2v) is 6.79. The molecule has 132 valence electrons. The molecule has 1 amide bonds. The molecule has 1 N–H and O–H groups in total. The molecule has 0 aliphatic rings. The van der Waals surface area contributed by atoms with E-state index in [1.54, 1.807) is 29.0 Å². The second kappa shape index (κ2) is 6.72. The van der Waals surface area contributed by atoms with E-state index in [9.17, 15) is 9.18 Å². The van der Waals surface area contributed by atoms with Crippen LogP contribution in [-0.4, -0.2) is 20.7 Å². The molecule has 0 spiro atoms. The number of aryl methyl sites for hydroxylation is 1. The fraction of sp³-hybridized carbons (Fsp3) is 0.167. The summed E-state index contributed by atoms with van der Waals surface area (Å²) in [6, 6.07) is 9.76. The first-order chi connectivity index (χ1) is 12.6. The van der Waals surface area contributed by atoms with E-state index in [0.29, 0.717) is 23.0 Å². The van der Waals surface area contributed by atoms with E-state index in [1.165, 1.54) is 23.5 Å². The summed E-state index contributed by atoms with van der Waals surface area (Å²) in [5.41, 5.74) is 2.53. The van der Waals surface area contributed by atoms with Gasteiger partial charge in [-0.1, -0.05) is 30.4 Å². The number of fused-ring (bicyclic) bond motifs is 1. The van der Waals surface area contributed by atoms with Crippen LogP contribution in [0.2, 0.25) is 0 Å². The van der Waals surface area contributed by atoms with E-state index in [1.807, 2.05) is 13.0 Å². The highest BCUT2D eigenvalue weighted by atomic mass is 32.1. The van der Waals surface area contributed by atoms with Gasteiger partial charge in [0.2, 0.25) is 5.13 Å². The molecule has 4 rings (SSSR count). The second-order valence-electron chi connectivity index (χ2n) is 5.72. The summed E-state index contributed by atoms with van der Waals surface area (Å²) in [6.07, 6.45) is 2.32. The van der Waals surface area contributed by atoms with Gasteiger partial charge in [-0.3, -0.25) is 10.1 Å². The van der Waals surface area contributed by atoms with Crippen LogP contribution in [0, 0.1) is 5.82 Å². The van der Waals surface area contributed by atoms with Gasteiger partial charge >= 0.3 is 0 Å². The maximum atomic E-state index is 13.5. The Morgan fingerprint density at radius 2 is 2.19 bits per heavy atom. The predicted octanol–water partition coefficient (Wildman–Crippen LogP) is 4.09. The van der Waals surface area contributed by atoms with Crippen LogP contribution in [0.15, 0.2) is 47.1 Å². The number of rotatable bonds is 5. The van der Waals surface area contributed by atoms with Crippen molar-refractivity contribution in [2.45, 2.75) is 19.9 Å². The third kappa shape index (κ3) is 3.11. The Bertz CT molecular complexity index is 1080. The number of amides is 1. The summed E-state index contributed by atoms with van der Waals surface area (Å²) in [6.45, 7) is 2.32. The van der Waals surface area contributed by atoms with Crippen LogP contribution in [0.3, 0.4) is 0 Å². The van der Waals surface area contributed by atoms with Gasteiger partial charge in [0.1, 0.15) is 16.5 Å². The van der Waals surface area contributed by atoms with Crippen LogP contribution in [0.25, 0.3) is 11.1 Å². The number of anilines is 1. The van der Waals surface area contributed by atoms with E-state index in [2.05, 4.69) is 15.5 Å². The Morgan fingerprint density at radius 1 is 1.31 bits per heavy atom. The first-order valence-corrected chi connectivity index (χ1v) is 8.90. The average molecular weight is 370 g/mol. The zero-order chi connectivity index (χ0) is 18.1. The summed E-state index contributed by atoms with van der Waals surface area (Å²) >= 11 is 1.34. The molecule has 0 saturated heterocycles. The monoisotopic (exact) mass is 370 g/mol. The zero-order valence-corrected chi connectivity index (χ0v) is 14.7. The highest BCUT2D eigenvalue weighted by molar-refractivity contribution is 7.15. The third-order valence-corrected chi connectivity index (χ3v) is 4.96. The average Bonchev–Trinajstić information content (AvgIpc) is 3.32. The standard InChI is InChI=1S/C18H15FN4O2S/c1-2-16-21-22-18(26-16)20-17(24)14-9-15-13(6-7-25-15)23(14)10-11-4-3-5-12(19)8-11/h3-9H,2,10H2,1H3,(H,20,22,24). The van der Waals surface area contributed by atoms with Gasteiger partial charge in [0.25, 0.3) is 5.91 Å². The van der Waals surface area contributed by atoms with Gasteiger partial charge in [-0.2, -0.15) is 0 Å². The van der Waals surface area contributed by atoms with Gasteiger partial charge in [-0.05, 0) is 24.1 Å². The van der Waals surface area contributed by atoms with Crippen LogP contribution in [0.4, 0.5) is 9.52 Å². The Balaban J connectivity index is 1.67. The van der Waals surface area contributed by atoms with Crippen LogP contribution in [0.5, 0.6) is 0 Å². The molecular formula is C18H15FN4O2S. The minimum atomic E-state index is -0.315. The number of benzene rings is 1. The molecule has 0 aliphatic carbocycles. The quantitative estimate of drug-likeness (QED) is 0.574. The highest BCUT2D eigenvalue weighted by Gasteiger charge is 2.19. The number of hydrogen-bond acceptors (Lipinski definition) is 5. The molecule has 3 heterocycles. The Hall–Kier alpha value is -3.00. The molecule has 3 aromatic heterocycles. The minimum Gasteiger partial charge on any atom is -0.463 e. The summed E-state index contributed by atoms with van der Waals surface area (Å²) in [7, 11) is 0. The number of hydrogen-bond donors (Lipinski definition) is 1. The predicted molar refractivity (Wildman–Crippen MR) is 96.9 cm³/mol. The Kier molecular flexibility index (Phi) is 4.26. The van der Waals surface area contributed by atoms with Crippen molar-refractivity contribution in [2.75, 3.05) is 5.32 Å². The number of furan rings is 1. The van der Waals surface area contributed by atoms with E-state index in [-0.39, 0.29) is 11.7 Å². The number of carbonyl (C=O) groups is 1. The fourth-order valence-electron chi connectivity index (χ4n) is 2.76. The molecule has 0 aliphatic heterocycles. The molecule has 26 heavy (non-hydrogen) atoms. The first-order valence-electron chi connectivity index (χ1n) is 8.09. The molecule has 0 unspecified atom stereocenters. The van der Waals surface area contributed by atoms with Gasteiger partial charge in [0.15, 0.2) is 5.58 Å². The van der Waals surface area contributed by atoms with Crippen LogP contribution in [0.1, 0.15) is 28.0 Å². The number of aromatic nitrogens is 3. The number of nitrogens with one attached hydrogen (secondary N) is 1. The van der Waals surface area contributed by atoms with E-state index >= 15 is 0 Å². The SMILES string of the molecule is CCc1nnc(NC(=O)c2cc3occc3n2Cc2cccc(F)c2)s1. The van der Waals surface area contributed by atoms with Crippen molar-refractivity contribution in [1.29, 1.82) is 0 Å². The van der Waals surface area contributed by atoms with Gasteiger partial charge in [0.05, 0.1) is 11.8 Å². The topological polar surface area (TPSA) is 73.0 Å². The van der Waals surface area contributed by atoms with Crippen molar-refractivity contribution >= 4 is 33.5 Å². The number of halogens is 1. The van der Waals surface area contributed by atoms with E-state index in [4.69, 9.17) is 4.42 Å². The van der Waals surface area contributed by atoms with Crippen molar-refractivity contribution in [3.8, 4) is 0 Å². The van der Waals surface area contributed by atoms with E-state index < -0.39 is 0 Å². The van der Waals surface area contributed by atoms with E-state index in [0.717, 1.165) is 22.5 Å². The number of carbonyl (C=O) groups excluding carboxylic acids is 1. The molecule has 0 atom stereocenters. The minimum absolute atomic E-state index is 0.313. The maximum Gasteiger partial charge on any atom is 0.274 e. The molecule has 1 aromatic carbocycles. The van der Waals surface area contributed by atoms with Gasteiger partial charge in [-0.25, -0.2) is 4.39 Å². The highest BCUT2D eigenvalue weighted by Crippen LogP contribution is 2.24. The molecule has 0 fully saturated rings. The lowest BCUT2D eigenvalue weighted by Gasteiger charge is -2.09. The normalized spacial score (nSPS) is 11.2.